The van der Waals surface area contributed by atoms with Crippen molar-refractivity contribution in [3.05, 3.63) is 42.5 Å². The van der Waals surface area contributed by atoms with Crippen molar-refractivity contribution in [3.8, 4) is 0 Å². The molecule has 1 aliphatic heterocycles. The molecule has 0 radical (unpaired) electrons. The van der Waals surface area contributed by atoms with Crippen LogP contribution in [0, 0.1) is 5.92 Å². The Morgan fingerprint density at radius 3 is 2.60 bits per heavy atom. The molecule has 2 amide bonds. The van der Waals surface area contributed by atoms with Gasteiger partial charge in [-0.25, -0.2) is 4.79 Å². The second kappa shape index (κ2) is 5.53. The van der Waals surface area contributed by atoms with E-state index in [0.717, 1.165) is 48.3 Å². The third-order valence-corrected chi connectivity index (χ3v) is 4.10. The Balaban J connectivity index is 1.77. The minimum atomic E-state index is 0.0215. The molecule has 1 saturated heterocycles. The van der Waals surface area contributed by atoms with E-state index in [1.807, 2.05) is 35.2 Å². The molecule has 3 rings (SSSR count). The molecule has 0 unspecified atom stereocenters. The number of hydrogen-bond donors (Lipinski definition) is 1. The fourth-order valence-corrected chi connectivity index (χ4v) is 2.74. The van der Waals surface area contributed by atoms with Crippen molar-refractivity contribution in [2.75, 3.05) is 18.4 Å². The fourth-order valence-electron chi connectivity index (χ4n) is 2.74. The largest absolute Gasteiger partial charge is 0.325 e. The number of likely N-dealkylation sites (tertiary alicyclic amines) is 1. The van der Waals surface area contributed by atoms with Crippen LogP contribution in [0.5, 0.6) is 0 Å². The molecule has 0 bridgehead atoms. The van der Waals surface area contributed by atoms with Gasteiger partial charge in [0.15, 0.2) is 0 Å². The summed E-state index contributed by atoms with van der Waals surface area (Å²) in [7, 11) is 0. The van der Waals surface area contributed by atoms with Gasteiger partial charge in [-0.1, -0.05) is 43.3 Å². The summed E-state index contributed by atoms with van der Waals surface area (Å²) in [6.07, 6.45) is 2.20. The predicted molar refractivity (Wildman–Crippen MR) is 82.9 cm³/mol. The van der Waals surface area contributed by atoms with Crippen molar-refractivity contribution in [2.45, 2.75) is 19.8 Å². The third-order valence-electron chi connectivity index (χ3n) is 4.10. The summed E-state index contributed by atoms with van der Waals surface area (Å²) >= 11 is 0. The highest BCUT2D eigenvalue weighted by Crippen LogP contribution is 2.24. The maximum atomic E-state index is 12.3. The minimum Gasteiger partial charge on any atom is -0.325 e. The van der Waals surface area contributed by atoms with Crippen LogP contribution in [-0.2, 0) is 0 Å². The van der Waals surface area contributed by atoms with Crippen LogP contribution in [0.15, 0.2) is 42.5 Å². The molecule has 1 heterocycles. The number of carbonyl (C=O) groups is 1. The minimum absolute atomic E-state index is 0.0215. The highest BCUT2D eigenvalue weighted by Gasteiger charge is 2.20. The molecular formula is C17H20N2O. The Kier molecular flexibility index (Phi) is 3.59. The smallest absolute Gasteiger partial charge is 0.321 e. The fraction of sp³-hybridized carbons (Fsp3) is 0.353. The zero-order valence-electron chi connectivity index (χ0n) is 11.8. The molecule has 0 spiro atoms. The van der Waals surface area contributed by atoms with Gasteiger partial charge in [-0.3, -0.25) is 0 Å². The Morgan fingerprint density at radius 2 is 1.80 bits per heavy atom. The lowest BCUT2D eigenvalue weighted by atomic mass is 10.00. The number of nitrogens with zero attached hydrogens (tertiary/aromatic N) is 1. The summed E-state index contributed by atoms with van der Waals surface area (Å²) in [4.78, 5) is 14.3. The lowest BCUT2D eigenvalue weighted by molar-refractivity contribution is 0.186. The second-order valence-corrected chi connectivity index (χ2v) is 5.63. The van der Waals surface area contributed by atoms with E-state index in [9.17, 15) is 4.79 Å². The number of amides is 2. The summed E-state index contributed by atoms with van der Waals surface area (Å²) < 4.78 is 0. The number of hydrogen-bond acceptors (Lipinski definition) is 1. The lowest BCUT2D eigenvalue weighted by Crippen LogP contribution is -2.40. The van der Waals surface area contributed by atoms with E-state index in [4.69, 9.17) is 0 Å². The summed E-state index contributed by atoms with van der Waals surface area (Å²) in [6, 6.07) is 14.2. The Labute approximate surface area is 119 Å². The van der Waals surface area contributed by atoms with Gasteiger partial charge in [-0.05, 0) is 30.2 Å². The first-order chi connectivity index (χ1) is 9.74. The quantitative estimate of drug-likeness (QED) is 0.829. The van der Waals surface area contributed by atoms with E-state index < -0.39 is 0 Å². The number of nitrogens with one attached hydrogen (secondary N) is 1. The number of fused-ring (bicyclic) bond motifs is 1. The molecule has 3 nitrogen and oxygen atoms in total. The standard InChI is InChI=1S/C17H20N2O/c1-13-9-11-19(12-10-13)17(20)18-16-8-4-6-14-5-2-3-7-15(14)16/h2-8,13H,9-12H2,1H3,(H,18,20). The topological polar surface area (TPSA) is 32.3 Å². The van der Waals surface area contributed by atoms with Crippen molar-refractivity contribution >= 4 is 22.5 Å². The lowest BCUT2D eigenvalue weighted by Gasteiger charge is -2.30. The number of benzene rings is 2. The molecule has 3 heteroatoms. The van der Waals surface area contributed by atoms with Crippen molar-refractivity contribution < 1.29 is 4.79 Å². The average Bonchev–Trinajstić information content (AvgIpc) is 2.48. The summed E-state index contributed by atoms with van der Waals surface area (Å²) in [6.45, 7) is 3.97. The van der Waals surface area contributed by atoms with Crippen molar-refractivity contribution in [3.63, 3.8) is 0 Å². The van der Waals surface area contributed by atoms with Crippen LogP contribution in [0.25, 0.3) is 10.8 Å². The Hall–Kier alpha value is -2.03. The van der Waals surface area contributed by atoms with Gasteiger partial charge in [0, 0.05) is 18.5 Å². The highest BCUT2D eigenvalue weighted by atomic mass is 16.2. The molecule has 1 N–H and O–H groups in total. The van der Waals surface area contributed by atoms with Crippen LogP contribution in [0.3, 0.4) is 0 Å². The van der Waals surface area contributed by atoms with Crippen LogP contribution in [-0.4, -0.2) is 24.0 Å². The van der Waals surface area contributed by atoms with Gasteiger partial charge in [-0.15, -0.1) is 0 Å². The third kappa shape index (κ3) is 2.62. The SMILES string of the molecule is CC1CCN(C(=O)Nc2cccc3ccccc23)CC1. The number of carbonyl (C=O) groups excluding carboxylic acids is 1. The van der Waals surface area contributed by atoms with Crippen molar-refractivity contribution in [1.29, 1.82) is 0 Å². The van der Waals surface area contributed by atoms with Gasteiger partial charge in [0.25, 0.3) is 0 Å². The Bertz CT molecular complexity index is 610. The maximum Gasteiger partial charge on any atom is 0.321 e. The van der Waals surface area contributed by atoms with Gasteiger partial charge >= 0.3 is 6.03 Å². The van der Waals surface area contributed by atoms with Gasteiger partial charge in [-0.2, -0.15) is 0 Å². The van der Waals surface area contributed by atoms with Crippen LogP contribution in [0.4, 0.5) is 10.5 Å². The van der Waals surface area contributed by atoms with Crippen LogP contribution in [0.2, 0.25) is 0 Å². The first-order valence-electron chi connectivity index (χ1n) is 7.28. The normalized spacial score (nSPS) is 16.4. The van der Waals surface area contributed by atoms with E-state index in [-0.39, 0.29) is 6.03 Å². The van der Waals surface area contributed by atoms with Crippen molar-refractivity contribution in [1.82, 2.24) is 4.90 Å². The molecule has 1 fully saturated rings. The molecule has 0 aliphatic carbocycles. The number of piperidine rings is 1. The number of urea groups is 1. The molecule has 0 atom stereocenters. The first kappa shape index (κ1) is 13.0. The van der Waals surface area contributed by atoms with Crippen LogP contribution >= 0.6 is 0 Å². The summed E-state index contributed by atoms with van der Waals surface area (Å²) in [5, 5.41) is 5.30. The predicted octanol–water partition coefficient (Wildman–Crippen LogP) is 4.10. The zero-order chi connectivity index (χ0) is 13.9. The molecule has 20 heavy (non-hydrogen) atoms. The zero-order valence-corrected chi connectivity index (χ0v) is 11.8. The molecule has 104 valence electrons. The summed E-state index contributed by atoms with van der Waals surface area (Å²) in [5.41, 5.74) is 0.895. The molecule has 2 aromatic rings. The van der Waals surface area contributed by atoms with Gasteiger partial charge in [0.05, 0.1) is 5.69 Å². The molecule has 0 saturated carbocycles. The van der Waals surface area contributed by atoms with Crippen LogP contribution in [0.1, 0.15) is 19.8 Å². The number of rotatable bonds is 1. The average molecular weight is 268 g/mol. The monoisotopic (exact) mass is 268 g/mol. The highest BCUT2D eigenvalue weighted by molar-refractivity contribution is 6.01. The molecular weight excluding hydrogens is 248 g/mol. The first-order valence-corrected chi connectivity index (χ1v) is 7.28. The summed E-state index contributed by atoms with van der Waals surface area (Å²) in [5.74, 6) is 0.733. The molecule has 2 aromatic carbocycles. The molecule has 1 aliphatic rings. The van der Waals surface area contributed by atoms with E-state index in [2.05, 4.69) is 24.4 Å². The van der Waals surface area contributed by atoms with Gasteiger partial charge in [0.2, 0.25) is 0 Å². The Morgan fingerprint density at radius 1 is 1.10 bits per heavy atom. The van der Waals surface area contributed by atoms with Crippen molar-refractivity contribution in [2.24, 2.45) is 5.92 Å². The van der Waals surface area contributed by atoms with E-state index in [0.29, 0.717) is 0 Å². The maximum absolute atomic E-state index is 12.3. The van der Waals surface area contributed by atoms with Gasteiger partial charge < -0.3 is 10.2 Å². The van der Waals surface area contributed by atoms with E-state index in [1.165, 1.54) is 0 Å². The van der Waals surface area contributed by atoms with E-state index >= 15 is 0 Å². The van der Waals surface area contributed by atoms with Crippen LogP contribution < -0.4 is 5.32 Å². The molecule has 0 aromatic heterocycles. The van der Waals surface area contributed by atoms with E-state index in [1.54, 1.807) is 0 Å². The number of anilines is 1. The van der Waals surface area contributed by atoms with Gasteiger partial charge in [0.1, 0.15) is 0 Å². The second-order valence-electron chi connectivity index (χ2n) is 5.63.